The molecule has 1 saturated carbocycles. The highest BCUT2D eigenvalue weighted by Gasteiger charge is 2.46. The highest BCUT2D eigenvalue weighted by Crippen LogP contribution is 2.37. The molecule has 1 saturated heterocycles. The summed E-state index contributed by atoms with van der Waals surface area (Å²) in [6.07, 6.45) is 4.31. The van der Waals surface area contributed by atoms with E-state index < -0.39 is 5.41 Å². The minimum absolute atomic E-state index is 0.0569. The predicted octanol–water partition coefficient (Wildman–Crippen LogP) is 2.34. The van der Waals surface area contributed by atoms with E-state index in [1.165, 1.54) is 0 Å². The Morgan fingerprint density at radius 2 is 2.05 bits per heavy atom. The number of hydrogen-bond acceptors (Lipinski definition) is 3. The Kier molecular flexibility index (Phi) is 4.46. The van der Waals surface area contributed by atoms with Gasteiger partial charge in [0.15, 0.2) is 0 Å². The van der Waals surface area contributed by atoms with Crippen molar-refractivity contribution in [1.29, 1.82) is 5.26 Å². The average molecular weight is 264 g/mol. The van der Waals surface area contributed by atoms with Gasteiger partial charge in [0.2, 0.25) is 5.91 Å². The van der Waals surface area contributed by atoms with E-state index in [1.807, 2.05) is 4.90 Å². The van der Waals surface area contributed by atoms with Gasteiger partial charge in [0.05, 0.1) is 6.07 Å². The molecular weight excluding hydrogens is 240 g/mol. The third-order valence-corrected chi connectivity index (χ3v) is 4.17. The first-order valence-electron chi connectivity index (χ1n) is 7.39. The summed E-state index contributed by atoms with van der Waals surface area (Å²) < 4.78 is 5.31. The Morgan fingerprint density at radius 3 is 2.53 bits per heavy atom. The molecule has 4 heteroatoms. The average Bonchev–Trinajstić information content (AvgIpc) is 3.24. The van der Waals surface area contributed by atoms with E-state index >= 15 is 0 Å². The smallest absolute Gasteiger partial charge is 0.243 e. The van der Waals surface area contributed by atoms with Gasteiger partial charge >= 0.3 is 0 Å². The summed E-state index contributed by atoms with van der Waals surface area (Å²) in [6, 6.07) is 2.69. The minimum atomic E-state index is -0.822. The molecule has 2 aliphatic rings. The van der Waals surface area contributed by atoms with E-state index in [0.29, 0.717) is 38.0 Å². The van der Waals surface area contributed by atoms with Crippen LogP contribution in [0.25, 0.3) is 0 Å². The minimum Gasteiger partial charge on any atom is -0.381 e. The first-order valence-corrected chi connectivity index (χ1v) is 7.39. The number of nitriles is 1. The van der Waals surface area contributed by atoms with Crippen LogP contribution in [0.1, 0.15) is 46.0 Å². The fourth-order valence-electron chi connectivity index (χ4n) is 2.60. The molecule has 0 atom stereocenters. The molecule has 0 bridgehead atoms. The SMILES string of the molecule is CC(C)CCN(C(=O)C1(C#N)CCOCC1)C1CC1. The Labute approximate surface area is 115 Å². The molecule has 1 amide bonds. The normalized spacial score (nSPS) is 22.0. The van der Waals surface area contributed by atoms with Crippen LogP contribution in [-0.4, -0.2) is 36.6 Å². The number of carbonyl (C=O) groups is 1. The van der Waals surface area contributed by atoms with E-state index in [2.05, 4.69) is 19.9 Å². The number of carbonyl (C=O) groups excluding carboxylic acids is 1. The van der Waals surface area contributed by atoms with E-state index in [9.17, 15) is 10.1 Å². The van der Waals surface area contributed by atoms with Crippen LogP contribution >= 0.6 is 0 Å². The van der Waals surface area contributed by atoms with Crippen molar-refractivity contribution in [1.82, 2.24) is 4.90 Å². The standard InChI is InChI=1S/C15H24N2O2/c1-12(2)5-8-17(13-3-4-13)14(18)15(11-16)6-9-19-10-7-15/h12-13H,3-10H2,1-2H3. The first-order chi connectivity index (χ1) is 9.09. The largest absolute Gasteiger partial charge is 0.381 e. The van der Waals surface area contributed by atoms with Gasteiger partial charge in [0.1, 0.15) is 5.41 Å². The molecule has 2 rings (SSSR count). The second-order valence-corrected chi connectivity index (χ2v) is 6.22. The summed E-state index contributed by atoms with van der Waals surface area (Å²) in [5, 5.41) is 9.49. The zero-order valence-electron chi connectivity index (χ0n) is 12.0. The van der Waals surface area contributed by atoms with Gasteiger partial charge in [0, 0.05) is 25.8 Å². The summed E-state index contributed by atoms with van der Waals surface area (Å²) in [6.45, 7) is 6.20. The lowest BCUT2D eigenvalue weighted by Crippen LogP contribution is -2.47. The molecule has 19 heavy (non-hydrogen) atoms. The maximum atomic E-state index is 12.8. The van der Waals surface area contributed by atoms with E-state index in [-0.39, 0.29) is 5.91 Å². The second-order valence-electron chi connectivity index (χ2n) is 6.22. The van der Waals surface area contributed by atoms with Crippen LogP contribution in [0.2, 0.25) is 0 Å². The molecular formula is C15H24N2O2. The van der Waals surface area contributed by atoms with Crippen LogP contribution < -0.4 is 0 Å². The molecule has 2 fully saturated rings. The van der Waals surface area contributed by atoms with Gasteiger partial charge in [-0.2, -0.15) is 5.26 Å². The lowest BCUT2D eigenvalue weighted by atomic mass is 9.80. The quantitative estimate of drug-likeness (QED) is 0.766. The summed E-state index contributed by atoms with van der Waals surface area (Å²) in [4.78, 5) is 14.8. The van der Waals surface area contributed by atoms with Gasteiger partial charge in [-0.05, 0) is 38.0 Å². The Bertz CT molecular complexity index is 363. The first kappa shape index (κ1) is 14.3. The van der Waals surface area contributed by atoms with Gasteiger partial charge in [-0.25, -0.2) is 0 Å². The topological polar surface area (TPSA) is 53.3 Å². The molecule has 0 radical (unpaired) electrons. The molecule has 1 heterocycles. The fraction of sp³-hybridized carbons (Fsp3) is 0.867. The number of ether oxygens (including phenoxy) is 1. The van der Waals surface area contributed by atoms with Crippen molar-refractivity contribution in [2.24, 2.45) is 11.3 Å². The zero-order valence-corrected chi connectivity index (χ0v) is 12.0. The third kappa shape index (κ3) is 3.27. The van der Waals surface area contributed by atoms with Crippen LogP contribution in [0.4, 0.5) is 0 Å². The monoisotopic (exact) mass is 264 g/mol. The van der Waals surface area contributed by atoms with E-state index in [4.69, 9.17) is 4.74 Å². The Morgan fingerprint density at radius 1 is 1.42 bits per heavy atom. The van der Waals surface area contributed by atoms with Gasteiger partial charge in [-0.1, -0.05) is 13.8 Å². The molecule has 1 aliphatic heterocycles. The number of rotatable bonds is 5. The van der Waals surface area contributed by atoms with Gasteiger partial charge < -0.3 is 9.64 Å². The lowest BCUT2D eigenvalue weighted by molar-refractivity contribution is -0.144. The second kappa shape index (κ2) is 5.92. The zero-order chi connectivity index (χ0) is 13.9. The van der Waals surface area contributed by atoms with Crippen molar-refractivity contribution in [2.45, 2.75) is 52.0 Å². The molecule has 1 aliphatic carbocycles. The molecule has 106 valence electrons. The maximum absolute atomic E-state index is 12.8. The maximum Gasteiger partial charge on any atom is 0.243 e. The summed E-state index contributed by atoms with van der Waals surface area (Å²) in [5.74, 6) is 0.642. The third-order valence-electron chi connectivity index (χ3n) is 4.17. The van der Waals surface area contributed by atoms with Gasteiger partial charge in [-0.15, -0.1) is 0 Å². The summed E-state index contributed by atoms with van der Waals surface area (Å²) in [5.41, 5.74) is -0.822. The summed E-state index contributed by atoms with van der Waals surface area (Å²) in [7, 11) is 0. The number of nitrogens with zero attached hydrogens (tertiary/aromatic N) is 2. The molecule has 0 aromatic carbocycles. The van der Waals surface area contributed by atoms with Crippen molar-refractivity contribution < 1.29 is 9.53 Å². The Balaban J connectivity index is 2.07. The molecule has 0 spiro atoms. The van der Waals surface area contributed by atoms with Crippen LogP contribution in [0.15, 0.2) is 0 Å². The van der Waals surface area contributed by atoms with E-state index in [1.54, 1.807) is 0 Å². The Hall–Kier alpha value is -1.08. The number of amides is 1. The van der Waals surface area contributed by atoms with Crippen LogP contribution in [0, 0.1) is 22.7 Å². The molecule has 0 unspecified atom stereocenters. The lowest BCUT2D eigenvalue weighted by Gasteiger charge is -2.35. The number of hydrogen-bond donors (Lipinski definition) is 0. The predicted molar refractivity (Wildman–Crippen MR) is 72.3 cm³/mol. The highest BCUT2D eigenvalue weighted by atomic mass is 16.5. The van der Waals surface area contributed by atoms with Crippen molar-refractivity contribution in [3.8, 4) is 6.07 Å². The van der Waals surface area contributed by atoms with Gasteiger partial charge in [-0.3, -0.25) is 4.79 Å². The van der Waals surface area contributed by atoms with Crippen LogP contribution in [0.3, 0.4) is 0 Å². The van der Waals surface area contributed by atoms with Crippen LogP contribution in [0.5, 0.6) is 0 Å². The van der Waals surface area contributed by atoms with Crippen molar-refractivity contribution >= 4 is 5.91 Å². The van der Waals surface area contributed by atoms with Crippen molar-refractivity contribution in [3.63, 3.8) is 0 Å². The highest BCUT2D eigenvalue weighted by molar-refractivity contribution is 5.86. The molecule has 4 nitrogen and oxygen atoms in total. The fourth-order valence-corrected chi connectivity index (χ4v) is 2.60. The van der Waals surface area contributed by atoms with Crippen molar-refractivity contribution in [3.05, 3.63) is 0 Å². The van der Waals surface area contributed by atoms with Gasteiger partial charge in [0.25, 0.3) is 0 Å². The summed E-state index contributed by atoms with van der Waals surface area (Å²) >= 11 is 0. The van der Waals surface area contributed by atoms with Crippen LogP contribution in [-0.2, 0) is 9.53 Å². The molecule has 0 N–H and O–H groups in total. The van der Waals surface area contributed by atoms with Crippen molar-refractivity contribution in [2.75, 3.05) is 19.8 Å². The molecule has 0 aromatic heterocycles. The molecule has 0 aromatic rings. The van der Waals surface area contributed by atoms with E-state index in [0.717, 1.165) is 25.8 Å².